The highest BCUT2D eigenvalue weighted by Gasteiger charge is 2.34. The van der Waals surface area contributed by atoms with Crippen molar-refractivity contribution in [2.45, 2.75) is 11.1 Å². The summed E-state index contributed by atoms with van der Waals surface area (Å²) in [5.41, 5.74) is 4.39. The Kier molecular flexibility index (Phi) is 5.12. The van der Waals surface area contributed by atoms with Crippen LogP contribution in [0.2, 0.25) is 0 Å². The Morgan fingerprint density at radius 1 is 1.28 bits per heavy atom. The van der Waals surface area contributed by atoms with E-state index in [1.807, 2.05) is 0 Å². The minimum Gasteiger partial charge on any atom is -0.399 e. The molecule has 0 radical (unpaired) electrons. The third-order valence-corrected chi connectivity index (χ3v) is 2.70. The average molecular weight is 294 g/mol. The van der Waals surface area contributed by atoms with Crippen LogP contribution in [0.3, 0.4) is 0 Å². The molecule has 2 N–H and O–H groups in total. The van der Waals surface area contributed by atoms with Gasteiger partial charge in [0.2, 0.25) is 0 Å². The smallest absolute Gasteiger partial charge is 0.399 e. The molecular weight excluding hydrogens is 289 g/mol. The standard InChI is InChI=1S/C9H5F3N2O2S2/c10-9(11,12)7-3-6(14)1-2-8(7)18-16-5-17-15-4-13/h1-3H,14H2. The van der Waals surface area contributed by atoms with Crippen LogP contribution in [-0.2, 0) is 14.5 Å². The van der Waals surface area contributed by atoms with Crippen LogP contribution >= 0.6 is 23.5 Å². The summed E-state index contributed by atoms with van der Waals surface area (Å²) >= 11 is 0.865. The molecule has 0 heterocycles. The van der Waals surface area contributed by atoms with Gasteiger partial charge in [-0.3, -0.25) is 0 Å². The van der Waals surface area contributed by atoms with Gasteiger partial charge in [-0.1, -0.05) is 0 Å². The van der Waals surface area contributed by atoms with Crippen molar-refractivity contribution in [3.63, 3.8) is 0 Å². The number of alkyl halides is 3. The molecule has 96 valence electrons. The molecule has 0 saturated carbocycles. The molecule has 0 fully saturated rings. The lowest BCUT2D eigenvalue weighted by atomic mass is 10.2. The van der Waals surface area contributed by atoms with Crippen molar-refractivity contribution in [1.29, 1.82) is 5.26 Å². The van der Waals surface area contributed by atoms with Crippen molar-refractivity contribution in [3.05, 3.63) is 23.8 Å². The van der Waals surface area contributed by atoms with E-state index in [4.69, 9.17) is 11.0 Å². The third-order valence-electron chi connectivity index (χ3n) is 1.59. The summed E-state index contributed by atoms with van der Waals surface area (Å²) in [5.74, 6) is 0. The first kappa shape index (κ1) is 14.5. The molecule has 0 saturated heterocycles. The van der Waals surface area contributed by atoms with Gasteiger partial charge >= 0.3 is 12.4 Å². The van der Waals surface area contributed by atoms with E-state index in [9.17, 15) is 13.2 Å². The SMILES string of the molecule is N#COS#COSc1ccc(N)cc1C(F)(F)F. The fourth-order valence-corrected chi connectivity index (χ4v) is 1.75. The van der Waals surface area contributed by atoms with Crippen molar-refractivity contribution in [1.82, 2.24) is 0 Å². The Bertz CT molecular complexity index is 531. The number of nitriles is 1. The molecule has 18 heavy (non-hydrogen) atoms. The van der Waals surface area contributed by atoms with Crippen LogP contribution in [0.15, 0.2) is 23.1 Å². The highest BCUT2D eigenvalue weighted by atomic mass is 32.2. The lowest BCUT2D eigenvalue weighted by molar-refractivity contribution is -0.139. The summed E-state index contributed by atoms with van der Waals surface area (Å²) in [6, 6.07) is 3.31. The Labute approximate surface area is 108 Å². The fraction of sp³-hybridized carbons (Fsp3) is 0.111. The molecule has 0 unspecified atom stereocenters. The summed E-state index contributed by atoms with van der Waals surface area (Å²) in [7, 11) is 0. The maximum Gasteiger partial charge on any atom is 0.417 e. The van der Waals surface area contributed by atoms with E-state index < -0.39 is 11.7 Å². The average Bonchev–Trinajstić information content (AvgIpc) is 2.29. The van der Waals surface area contributed by atoms with Crippen molar-refractivity contribution < 1.29 is 21.5 Å². The minimum absolute atomic E-state index is 0.00169. The molecule has 0 atom stereocenters. The summed E-state index contributed by atoms with van der Waals surface area (Å²) in [6.45, 7) is 0. The van der Waals surface area contributed by atoms with E-state index >= 15 is 0 Å². The zero-order chi connectivity index (χ0) is 13.6. The van der Waals surface area contributed by atoms with Crippen LogP contribution in [-0.4, -0.2) is 0 Å². The van der Waals surface area contributed by atoms with Crippen molar-refractivity contribution in [3.8, 4) is 11.6 Å². The second-order valence-corrected chi connectivity index (χ2v) is 4.03. The molecule has 0 aliphatic carbocycles. The van der Waals surface area contributed by atoms with Crippen molar-refractivity contribution >= 4 is 29.2 Å². The van der Waals surface area contributed by atoms with E-state index in [1.54, 1.807) is 0 Å². The monoisotopic (exact) mass is 294 g/mol. The predicted molar refractivity (Wildman–Crippen MR) is 61.0 cm³/mol. The molecular formula is C9H5F3N2O2S2. The Hall–Kier alpha value is -1.59. The van der Waals surface area contributed by atoms with Crippen LogP contribution in [0, 0.1) is 16.9 Å². The molecule has 0 amide bonds. The first-order valence-electron chi connectivity index (χ1n) is 4.22. The lowest BCUT2D eigenvalue weighted by Crippen LogP contribution is -2.07. The molecule has 0 aliphatic heterocycles. The molecule has 9 heteroatoms. The summed E-state index contributed by atoms with van der Waals surface area (Å²) in [5, 5.41) is 10.1. The van der Waals surface area contributed by atoms with Crippen LogP contribution in [0.5, 0.6) is 0 Å². The van der Waals surface area contributed by atoms with Gasteiger partial charge in [0.1, 0.15) is 16.8 Å². The summed E-state index contributed by atoms with van der Waals surface area (Å²) in [4.78, 5) is -0.165. The minimum atomic E-state index is -4.53. The number of anilines is 1. The van der Waals surface area contributed by atoms with Gasteiger partial charge < -0.3 is 9.92 Å². The van der Waals surface area contributed by atoms with Gasteiger partial charge in [-0.15, -0.1) is 5.26 Å². The maximum atomic E-state index is 12.6. The van der Waals surface area contributed by atoms with Crippen LogP contribution < -0.4 is 5.73 Å². The van der Waals surface area contributed by atoms with Crippen molar-refractivity contribution in [2.75, 3.05) is 5.73 Å². The molecule has 1 aromatic rings. The predicted octanol–water partition coefficient (Wildman–Crippen LogP) is 3.37. The van der Waals surface area contributed by atoms with Gasteiger partial charge in [0.15, 0.2) is 0 Å². The van der Waals surface area contributed by atoms with E-state index in [-0.39, 0.29) is 10.6 Å². The van der Waals surface area contributed by atoms with Gasteiger partial charge in [0, 0.05) is 22.6 Å². The third kappa shape index (κ3) is 4.35. The number of hydrogen-bond acceptors (Lipinski definition) is 5. The number of halogens is 3. The molecule has 0 aromatic heterocycles. The van der Waals surface area contributed by atoms with Crippen LogP contribution in [0.4, 0.5) is 18.9 Å². The Morgan fingerprint density at radius 2 is 2.00 bits per heavy atom. The highest BCUT2D eigenvalue weighted by Crippen LogP contribution is 2.37. The first-order chi connectivity index (χ1) is 8.45. The van der Waals surface area contributed by atoms with Gasteiger partial charge in [-0.25, -0.2) is 4.18 Å². The van der Waals surface area contributed by atoms with E-state index in [0.29, 0.717) is 23.5 Å². The summed E-state index contributed by atoms with van der Waals surface area (Å²) in [6.07, 6.45) is -3.21. The Morgan fingerprint density at radius 3 is 2.61 bits per heavy atom. The highest BCUT2D eigenvalue weighted by molar-refractivity contribution is 7.95. The number of nitrogens with zero attached hydrogens (tertiary/aromatic N) is 1. The van der Waals surface area contributed by atoms with Gasteiger partial charge in [-0.05, 0) is 18.2 Å². The number of nitrogens with two attached hydrogens (primary N) is 1. The largest absolute Gasteiger partial charge is 0.417 e. The zero-order valence-electron chi connectivity index (χ0n) is 8.52. The Balaban J connectivity index is 2.84. The zero-order valence-corrected chi connectivity index (χ0v) is 10.2. The number of benzene rings is 1. The number of hydrogen-bond donors (Lipinski definition) is 1. The van der Waals surface area contributed by atoms with E-state index in [2.05, 4.69) is 13.7 Å². The molecule has 0 spiro atoms. The molecule has 0 aliphatic rings. The topological polar surface area (TPSA) is 68.3 Å². The molecule has 4 nitrogen and oxygen atoms in total. The van der Waals surface area contributed by atoms with Crippen molar-refractivity contribution in [2.24, 2.45) is 0 Å². The number of nitrogen functional groups attached to an aromatic ring is 1. The van der Waals surface area contributed by atoms with Gasteiger partial charge in [0.05, 0.1) is 5.56 Å². The molecule has 0 bridgehead atoms. The number of rotatable bonds is 2. The van der Waals surface area contributed by atoms with E-state index in [0.717, 1.165) is 6.07 Å². The fourth-order valence-electron chi connectivity index (χ4n) is 0.953. The maximum absolute atomic E-state index is 12.6. The first-order valence-corrected chi connectivity index (χ1v) is 5.70. The molecule has 1 aromatic carbocycles. The lowest BCUT2D eigenvalue weighted by Gasteiger charge is -2.11. The van der Waals surface area contributed by atoms with Crippen LogP contribution in [0.1, 0.15) is 5.56 Å². The van der Waals surface area contributed by atoms with Gasteiger partial charge in [-0.2, -0.15) is 13.2 Å². The second kappa shape index (κ2) is 6.37. The van der Waals surface area contributed by atoms with Crippen LogP contribution in [0.25, 0.3) is 0 Å². The van der Waals surface area contributed by atoms with E-state index in [1.165, 1.54) is 18.4 Å². The quantitative estimate of drug-likeness (QED) is 0.514. The second-order valence-electron chi connectivity index (χ2n) is 2.76. The summed E-state index contributed by atoms with van der Waals surface area (Å²) < 4.78 is 46.7. The molecule has 1 rings (SSSR count). The van der Waals surface area contributed by atoms with Gasteiger partial charge in [0.25, 0.3) is 0 Å². The normalized spacial score (nSPS) is 10.3.